The van der Waals surface area contributed by atoms with E-state index in [4.69, 9.17) is 19.9 Å². The third kappa shape index (κ3) is 10.9. The highest BCUT2D eigenvalue weighted by atomic mass is 16.5. The zero-order valence-electron chi connectivity index (χ0n) is 35.2. The number of carbonyl (C=O) groups is 4. The van der Waals surface area contributed by atoms with Crippen LogP contribution in [0.4, 0.5) is 0 Å². The summed E-state index contributed by atoms with van der Waals surface area (Å²) in [6, 6.07) is 33.7. The number of amides is 4. The van der Waals surface area contributed by atoms with Crippen molar-refractivity contribution in [3.63, 3.8) is 0 Å². The third-order valence-electron chi connectivity index (χ3n) is 11.0. The number of carbonyl (C=O) groups excluding carboxylic acids is 4. The summed E-state index contributed by atoms with van der Waals surface area (Å²) in [5.74, 6) is -0.321. The van der Waals surface area contributed by atoms with Crippen LogP contribution in [0.3, 0.4) is 0 Å². The van der Waals surface area contributed by atoms with Crippen LogP contribution in [0.2, 0.25) is 0 Å². The Bertz CT molecular complexity index is 2610. The Morgan fingerprint density at radius 3 is 1.44 bits per heavy atom. The van der Waals surface area contributed by atoms with Gasteiger partial charge in [-0.3, -0.25) is 39.6 Å². The van der Waals surface area contributed by atoms with E-state index in [9.17, 15) is 19.2 Å². The third-order valence-corrected chi connectivity index (χ3v) is 11.0. The number of hydroxylamine groups is 2. The molecule has 7 N–H and O–H groups in total. The standard InChI is InChI=1S/C24H26N4O4.C23H24N4O4/c1-16-11-18(20-5-3-4-6-21(20)25-16)13-32-19-9-7-17(8-10-19)23(30)26-24(12-22(29)27-31)14-28(2)15-24;1-15-10-17(19-4-2-3-5-20(19)25-15)12-31-18-8-6-16(7-9-18)22(29)26-23(13-24-14-23)11-21(28)27-30/h3-11,31H,12-15H2,1-2H3,(H,26,30)(H,27,29);2-10,24,30H,11-14H2,1H3,(H,26,29)(H,27,28). The van der Waals surface area contributed by atoms with E-state index in [0.29, 0.717) is 62.0 Å². The molecule has 2 saturated heterocycles. The van der Waals surface area contributed by atoms with Crippen LogP contribution in [0, 0.1) is 13.8 Å². The van der Waals surface area contributed by atoms with Crippen molar-refractivity contribution in [2.24, 2.45) is 0 Å². The number of aromatic nitrogens is 2. The fourth-order valence-electron chi connectivity index (χ4n) is 7.98. The SMILES string of the molecule is Cc1cc(COc2ccc(C(=O)NC3(CC(=O)NO)CN(C)C3)cc2)c2ccccc2n1.Cc1cc(COc2ccc(C(=O)NC3(CC(=O)NO)CNC3)cc2)c2ccccc2n1. The van der Waals surface area contributed by atoms with Gasteiger partial charge >= 0.3 is 0 Å². The van der Waals surface area contributed by atoms with Gasteiger partial charge in [0.05, 0.1) is 35.0 Å². The Hall–Kier alpha value is -6.98. The second-order valence-corrected chi connectivity index (χ2v) is 16.2. The second kappa shape index (κ2) is 19.4. The van der Waals surface area contributed by atoms with E-state index < -0.39 is 22.9 Å². The summed E-state index contributed by atoms with van der Waals surface area (Å²) in [6.07, 6.45) is 0.0167. The number of hydrogen-bond donors (Lipinski definition) is 7. The summed E-state index contributed by atoms with van der Waals surface area (Å²) < 4.78 is 11.9. The van der Waals surface area contributed by atoms with Crippen molar-refractivity contribution in [2.45, 2.75) is 51.0 Å². The van der Waals surface area contributed by atoms with Crippen molar-refractivity contribution in [3.05, 3.63) is 143 Å². The quantitative estimate of drug-likeness (QED) is 0.0595. The lowest BCUT2D eigenvalue weighted by molar-refractivity contribution is -0.132. The van der Waals surface area contributed by atoms with Gasteiger partial charge in [0.15, 0.2) is 0 Å². The molecule has 0 atom stereocenters. The number of para-hydroxylation sites is 2. The van der Waals surface area contributed by atoms with E-state index in [-0.39, 0.29) is 24.7 Å². The van der Waals surface area contributed by atoms with Crippen LogP contribution in [0.5, 0.6) is 11.5 Å². The normalized spacial score (nSPS) is 14.8. The number of rotatable bonds is 14. The number of pyridine rings is 2. The molecule has 0 unspecified atom stereocenters. The lowest BCUT2D eigenvalue weighted by Crippen LogP contribution is -2.70. The minimum atomic E-state index is -0.695. The van der Waals surface area contributed by atoms with E-state index >= 15 is 0 Å². The molecule has 0 spiro atoms. The lowest BCUT2D eigenvalue weighted by atomic mass is 9.86. The fourth-order valence-corrected chi connectivity index (χ4v) is 7.98. The molecular formula is C47H50N8O8. The van der Waals surface area contributed by atoms with Gasteiger partial charge in [0.25, 0.3) is 11.8 Å². The predicted octanol–water partition coefficient (Wildman–Crippen LogP) is 4.52. The summed E-state index contributed by atoms with van der Waals surface area (Å²) in [6.45, 7) is 6.69. The number of ether oxygens (including phenoxy) is 2. The summed E-state index contributed by atoms with van der Waals surface area (Å²) in [5.41, 5.74) is 8.63. The van der Waals surface area contributed by atoms with Crippen LogP contribution in [-0.2, 0) is 22.8 Å². The van der Waals surface area contributed by atoms with E-state index in [1.54, 1.807) is 59.5 Å². The van der Waals surface area contributed by atoms with E-state index in [2.05, 4.69) is 25.9 Å². The second-order valence-electron chi connectivity index (χ2n) is 16.2. The number of nitrogens with zero attached hydrogens (tertiary/aromatic N) is 3. The molecule has 6 aromatic rings. The topological polar surface area (TPSA) is 216 Å². The highest BCUT2D eigenvalue weighted by molar-refractivity contribution is 5.96. The molecule has 2 aliphatic rings. The maximum Gasteiger partial charge on any atom is 0.251 e. The molecule has 2 aromatic heterocycles. The number of nitrogens with one attached hydrogen (secondary N) is 5. The van der Waals surface area contributed by atoms with E-state index in [1.165, 1.54) is 0 Å². The molecule has 4 heterocycles. The minimum Gasteiger partial charge on any atom is -0.489 e. The highest BCUT2D eigenvalue weighted by Gasteiger charge is 2.44. The first-order valence-corrected chi connectivity index (χ1v) is 20.4. The molecule has 326 valence electrons. The van der Waals surface area contributed by atoms with Crippen molar-refractivity contribution in [3.8, 4) is 11.5 Å². The van der Waals surface area contributed by atoms with Gasteiger partial charge in [-0.25, -0.2) is 11.0 Å². The van der Waals surface area contributed by atoms with Gasteiger partial charge < -0.3 is 30.3 Å². The Morgan fingerprint density at radius 2 is 1.05 bits per heavy atom. The average molecular weight is 855 g/mol. The largest absolute Gasteiger partial charge is 0.489 e. The van der Waals surface area contributed by atoms with Crippen LogP contribution in [-0.4, -0.2) is 93.2 Å². The zero-order chi connectivity index (χ0) is 44.6. The predicted molar refractivity (Wildman–Crippen MR) is 234 cm³/mol. The van der Waals surface area contributed by atoms with Crippen molar-refractivity contribution in [2.75, 3.05) is 33.2 Å². The molecule has 4 aromatic carbocycles. The van der Waals surface area contributed by atoms with Crippen molar-refractivity contribution in [1.29, 1.82) is 0 Å². The highest BCUT2D eigenvalue weighted by Crippen LogP contribution is 2.26. The number of benzene rings is 4. The Balaban J connectivity index is 0.000000189. The Kier molecular flexibility index (Phi) is 13.6. The molecular weight excluding hydrogens is 805 g/mol. The number of hydrogen-bond acceptors (Lipinski definition) is 12. The van der Waals surface area contributed by atoms with Gasteiger partial charge in [-0.2, -0.15) is 0 Å². The van der Waals surface area contributed by atoms with Crippen molar-refractivity contribution >= 4 is 45.4 Å². The number of likely N-dealkylation sites (N-methyl/N-ethyl adjacent to an activating group) is 1. The van der Waals surface area contributed by atoms with Gasteiger partial charge in [-0.05, 0) is 93.7 Å². The van der Waals surface area contributed by atoms with Crippen LogP contribution in [0.1, 0.15) is 56.1 Å². The number of aryl methyl sites for hydroxylation is 2. The molecule has 2 aliphatic heterocycles. The first kappa shape index (κ1) is 44.1. The van der Waals surface area contributed by atoms with Gasteiger partial charge in [-0.15, -0.1) is 0 Å². The first-order chi connectivity index (χ1) is 30.3. The maximum absolute atomic E-state index is 12.7. The Labute approximate surface area is 363 Å². The van der Waals surface area contributed by atoms with Gasteiger partial charge in [0.2, 0.25) is 11.8 Å². The molecule has 0 saturated carbocycles. The fraction of sp³-hybridized carbons (Fsp3) is 0.277. The molecule has 0 aliphatic carbocycles. The molecule has 16 heteroatoms. The number of likely N-dealkylation sites (tertiary alicyclic amines) is 1. The summed E-state index contributed by atoms with van der Waals surface area (Å²) in [5, 5.41) is 28.6. The first-order valence-electron chi connectivity index (χ1n) is 20.4. The van der Waals surface area contributed by atoms with E-state index in [1.807, 2.05) is 86.5 Å². The van der Waals surface area contributed by atoms with Crippen LogP contribution < -0.4 is 36.4 Å². The molecule has 16 nitrogen and oxygen atoms in total. The molecule has 0 bridgehead atoms. The molecule has 2 fully saturated rings. The summed E-state index contributed by atoms with van der Waals surface area (Å²) in [7, 11) is 1.90. The molecule has 4 amide bonds. The molecule has 63 heavy (non-hydrogen) atoms. The van der Waals surface area contributed by atoms with Crippen LogP contribution >= 0.6 is 0 Å². The number of fused-ring (bicyclic) bond motifs is 2. The molecule has 8 rings (SSSR count). The van der Waals surface area contributed by atoms with Crippen LogP contribution in [0.25, 0.3) is 21.8 Å². The molecule has 0 radical (unpaired) electrons. The zero-order valence-corrected chi connectivity index (χ0v) is 35.2. The summed E-state index contributed by atoms with van der Waals surface area (Å²) in [4.78, 5) is 59.6. The monoisotopic (exact) mass is 854 g/mol. The average Bonchev–Trinajstić information content (AvgIpc) is 3.26. The lowest BCUT2D eigenvalue weighted by Gasteiger charge is -2.48. The minimum absolute atomic E-state index is 0.00272. The van der Waals surface area contributed by atoms with Crippen molar-refractivity contribution in [1.82, 2.24) is 41.8 Å². The smallest absolute Gasteiger partial charge is 0.251 e. The van der Waals surface area contributed by atoms with Gasteiger partial charge in [0.1, 0.15) is 24.7 Å². The Morgan fingerprint density at radius 1 is 0.635 bits per heavy atom. The van der Waals surface area contributed by atoms with E-state index in [0.717, 1.165) is 44.3 Å². The van der Waals surface area contributed by atoms with Crippen LogP contribution in [0.15, 0.2) is 109 Å². The van der Waals surface area contributed by atoms with Gasteiger partial charge in [0, 0.05) is 70.6 Å². The maximum atomic E-state index is 12.7. The van der Waals surface area contributed by atoms with Crippen molar-refractivity contribution < 1.29 is 39.1 Å². The van der Waals surface area contributed by atoms with Gasteiger partial charge in [-0.1, -0.05) is 36.4 Å². The summed E-state index contributed by atoms with van der Waals surface area (Å²) >= 11 is 0.